The van der Waals surface area contributed by atoms with Gasteiger partial charge in [0, 0.05) is 6.54 Å². The summed E-state index contributed by atoms with van der Waals surface area (Å²) in [4.78, 5) is 14.1. The smallest absolute Gasteiger partial charge is 0.426 e. The lowest BCUT2D eigenvalue weighted by atomic mass is 9.77. The molecule has 1 aliphatic carbocycles. The van der Waals surface area contributed by atoms with Crippen LogP contribution in [0.5, 0.6) is 0 Å². The van der Waals surface area contributed by atoms with Gasteiger partial charge in [-0.3, -0.25) is 4.79 Å². The minimum Gasteiger partial charge on any atom is -0.426 e. The number of carbonyl (C=O) groups is 1. The molecule has 4 N–H and O–H groups in total. The first-order valence-electron chi connectivity index (χ1n) is 7.57. The summed E-state index contributed by atoms with van der Waals surface area (Å²) in [6.45, 7) is 0.564. The third kappa shape index (κ3) is 2.71. The van der Waals surface area contributed by atoms with Crippen molar-refractivity contribution in [2.45, 2.75) is 37.7 Å². The summed E-state index contributed by atoms with van der Waals surface area (Å²) >= 11 is 0. The molecule has 1 fully saturated rings. The number of rotatable bonds is 3. The van der Waals surface area contributed by atoms with E-state index in [1.807, 2.05) is 12.1 Å². The normalized spacial score (nSPS) is 23.2. The quantitative estimate of drug-likeness (QED) is 0.668. The second-order valence-electron chi connectivity index (χ2n) is 6.12. The second-order valence-corrected chi connectivity index (χ2v) is 6.12. The molecule has 1 amide bonds. The summed E-state index contributed by atoms with van der Waals surface area (Å²) in [5.74, 6) is -0.553. The first-order valence-corrected chi connectivity index (χ1v) is 7.57. The molecule has 0 bridgehead atoms. The van der Waals surface area contributed by atoms with Gasteiger partial charge in [-0.25, -0.2) is 0 Å². The summed E-state index contributed by atoms with van der Waals surface area (Å²) in [6, 6.07) is 7.61. The number of benzene rings is 1. The van der Waals surface area contributed by atoms with Crippen LogP contribution < -0.4 is 5.73 Å². The first-order chi connectivity index (χ1) is 10.1. The van der Waals surface area contributed by atoms with E-state index in [4.69, 9.17) is 5.73 Å². The summed E-state index contributed by atoms with van der Waals surface area (Å²) in [7, 11) is -1.48. The summed E-state index contributed by atoms with van der Waals surface area (Å²) in [5, 5.41) is 18.8. The van der Waals surface area contributed by atoms with Crippen LogP contribution in [-0.2, 0) is 17.6 Å². The van der Waals surface area contributed by atoms with Crippen LogP contribution in [0.3, 0.4) is 0 Å². The van der Waals surface area contributed by atoms with Gasteiger partial charge in [-0.05, 0) is 42.7 Å². The Balaban J connectivity index is 1.69. The van der Waals surface area contributed by atoms with Gasteiger partial charge >= 0.3 is 7.12 Å². The monoisotopic (exact) mass is 288 g/mol. The summed E-state index contributed by atoms with van der Waals surface area (Å²) in [5.41, 5.74) is 8.73. The van der Waals surface area contributed by atoms with Crippen molar-refractivity contribution < 1.29 is 14.8 Å². The third-order valence-corrected chi connectivity index (χ3v) is 4.80. The Morgan fingerprint density at radius 3 is 2.48 bits per heavy atom. The summed E-state index contributed by atoms with van der Waals surface area (Å²) < 4.78 is 0. The lowest BCUT2D eigenvalue weighted by Crippen LogP contribution is -2.53. The Hall–Kier alpha value is -1.37. The van der Waals surface area contributed by atoms with Crippen molar-refractivity contribution in [1.29, 1.82) is 0 Å². The zero-order valence-electron chi connectivity index (χ0n) is 12.0. The number of amides is 1. The number of carbonyl (C=O) groups excluding carboxylic acids is 1. The largest absolute Gasteiger partial charge is 0.475 e. The van der Waals surface area contributed by atoms with Gasteiger partial charge in [0.05, 0.1) is 12.0 Å². The van der Waals surface area contributed by atoms with Crippen molar-refractivity contribution in [2.75, 3.05) is 6.54 Å². The molecule has 1 unspecified atom stereocenters. The number of fused-ring (bicyclic) bond motifs is 1. The van der Waals surface area contributed by atoms with Gasteiger partial charge in [0.1, 0.15) is 0 Å². The van der Waals surface area contributed by atoms with Crippen LogP contribution in [0.4, 0.5) is 0 Å². The molecule has 21 heavy (non-hydrogen) atoms. The van der Waals surface area contributed by atoms with Crippen LogP contribution in [-0.4, -0.2) is 46.5 Å². The minimum absolute atomic E-state index is 0.104. The number of nitrogens with zero attached hydrogens (tertiary/aromatic N) is 1. The minimum atomic E-state index is -1.48. The molecule has 1 aromatic carbocycles. The number of hydrogen-bond donors (Lipinski definition) is 3. The Bertz CT molecular complexity index is 512. The van der Waals surface area contributed by atoms with Crippen molar-refractivity contribution in [2.24, 2.45) is 11.7 Å². The van der Waals surface area contributed by atoms with Crippen LogP contribution in [0.2, 0.25) is 0 Å². The molecule has 0 radical (unpaired) electrons. The fourth-order valence-electron chi connectivity index (χ4n) is 3.62. The molecule has 0 aromatic heterocycles. The molecule has 0 saturated carbocycles. The van der Waals surface area contributed by atoms with E-state index >= 15 is 0 Å². The molecule has 1 heterocycles. The average molecular weight is 288 g/mol. The van der Waals surface area contributed by atoms with Crippen LogP contribution in [0.25, 0.3) is 0 Å². The van der Waals surface area contributed by atoms with Crippen LogP contribution in [0, 0.1) is 5.92 Å². The maximum atomic E-state index is 12.6. The highest BCUT2D eigenvalue weighted by molar-refractivity contribution is 6.43. The highest BCUT2D eigenvalue weighted by Crippen LogP contribution is 2.29. The molecule has 6 heteroatoms. The fourth-order valence-corrected chi connectivity index (χ4v) is 3.62. The number of hydrogen-bond acceptors (Lipinski definition) is 4. The van der Waals surface area contributed by atoms with Crippen molar-refractivity contribution in [3.63, 3.8) is 0 Å². The van der Waals surface area contributed by atoms with Gasteiger partial charge < -0.3 is 20.7 Å². The van der Waals surface area contributed by atoms with Crippen LogP contribution in [0.1, 0.15) is 24.0 Å². The molecule has 2 atom stereocenters. The third-order valence-electron chi connectivity index (χ3n) is 4.80. The van der Waals surface area contributed by atoms with Crippen molar-refractivity contribution in [3.05, 3.63) is 35.4 Å². The molecule has 2 aliphatic rings. The zero-order valence-corrected chi connectivity index (χ0v) is 12.0. The molecular formula is C15H21BN2O3. The molecule has 1 aliphatic heterocycles. The maximum absolute atomic E-state index is 12.6. The highest BCUT2D eigenvalue weighted by atomic mass is 16.4. The topological polar surface area (TPSA) is 86.8 Å². The van der Waals surface area contributed by atoms with Gasteiger partial charge in [0.2, 0.25) is 5.91 Å². The molecule has 112 valence electrons. The fraction of sp³-hybridized carbons (Fsp3) is 0.533. The van der Waals surface area contributed by atoms with Gasteiger partial charge in [0.25, 0.3) is 0 Å². The van der Waals surface area contributed by atoms with E-state index in [9.17, 15) is 14.8 Å². The van der Waals surface area contributed by atoms with Crippen molar-refractivity contribution >= 4 is 13.0 Å². The molecule has 0 spiro atoms. The maximum Gasteiger partial charge on any atom is 0.475 e. The van der Waals surface area contributed by atoms with Crippen LogP contribution in [0.15, 0.2) is 24.3 Å². The SMILES string of the molecule is NC(C(=O)N1CCC[C@H]1B(O)O)C1Cc2ccccc2C1. The predicted molar refractivity (Wildman–Crippen MR) is 80.2 cm³/mol. The lowest BCUT2D eigenvalue weighted by Gasteiger charge is -2.29. The van der Waals surface area contributed by atoms with Gasteiger partial charge in [-0.1, -0.05) is 24.3 Å². The average Bonchev–Trinajstić information content (AvgIpc) is 3.11. The number of nitrogens with two attached hydrogens (primary N) is 1. The van der Waals surface area contributed by atoms with Crippen LogP contribution >= 0.6 is 0 Å². The van der Waals surface area contributed by atoms with E-state index in [1.54, 1.807) is 4.90 Å². The Labute approximate surface area is 124 Å². The van der Waals surface area contributed by atoms with E-state index in [-0.39, 0.29) is 11.8 Å². The molecular weight excluding hydrogens is 267 g/mol. The molecule has 5 nitrogen and oxygen atoms in total. The van der Waals surface area contributed by atoms with E-state index in [0.717, 1.165) is 19.3 Å². The molecule has 1 aromatic rings. The van der Waals surface area contributed by atoms with Crippen molar-refractivity contribution in [3.8, 4) is 0 Å². The molecule has 1 saturated heterocycles. The molecule has 3 rings (SSSR count). The van der Waals surface area contributed by atoms with Gasteiger partial charge in [0.15, 0.2) is 0 Å². The highest BCUT2D eigenvalue weighted by Gasteiger charge is 2.41. The predicted octanol–water partition coefficient (Wildman–Crippen LogP) is -0.268. The van der Waals surface area contributed by atoms with E-state index in [0.29, 0.717) is 13.0 Å². The van der Waals surface area contributed by atoms with E-state index in [1.165, 1.54) is 11.1 Å². The zero-order chi connectivity index (χ0) is 15.0. The summed E-state index contributed by atoms with van der Waals surface area (Å²) in [6.07, 6.45) is 3.07. The Morgan fingerprint density at radius 1 is 1.29 bits per heavy atom. The Kier molecular flexibility index (Phi) is 4.02. The van der Waals surface area contributed by atoms with Gasteiger partial charge in [-0.15, -0.1) is 0 Å². The van der Waals surface area contributed by atoms with Gasteiger partial charge in [-0.2, -0.15) is 0 Å². The standard InChI is InChI=1S/C15H21BN2O3/c17-14(12-8-10-4-1-2-5-11(10)9-12)15(19)18-7-3-6-13(18)16(20)21/h1-2,4-5,12-14,20-21H,3,6-9,17H2/t13-,14?/m0/s1. The second kappa shape index (κ2) is 5.79. The van der Waals surface area contributed by atoms with Crippen molar-refractivity contribution in [1.82, 2.24) is 4.90 Å². The number of likely N-dealkylation sites (tertiary alicyclic amines) is 1. The van der Waals surface area contributed by atoms with E-state index in [2.05, 4.69) is 12.1 Å². The van der Waals surface area contributed by atoms with E-state index < -0.39 is 19.1 Å². The Morgan fingerprint density at radius 2 is 1.90 bits per heavy atom. The first kappa shape index (κ1) is 14.6. The lowest BCUT2D eigenvalue weighted by molar-refractivity contribution is -0.133.